The molecule has 2 aliphatic rings. The van der Waals surface area contributed by atoms with Gasteiger partial charge in [-0.05, 0) is 24.7 Å². The molecule has 5 nitrogen and oxygen atoms in total. The average molecular weight is 354 g/mol. The second-order valence-electron chi connectivity index (χ2n) is 5.13. The fraction of sp³-hybridized carbons (Fsp3) is 0.500. The average Bonchev–Trinajstić information content (AvgIpc) is 3.08. The molecule has 1 atom stereocenters. The second kappa shape index (κ2) is 5.58. The number of aryl methyl sites for hydroxylation is 1. The molecule has 0 fully saturated rings. The normalized spacial score (nSPS) is 20.0. The molecule has 2 aliphatic heterocycles. The van der Waals surface area contributed by atoms with Crippen molar-refractivity contribution >= 4 is 51.0 Å². The standard InChI is InChI=1S/C14H14N2O3S3/c1-2-19-13(18)8-5-21-14-15-11-10(12(17)16(8)14)7-3-4-20-6-9(7)22-11/h8H,2-6H2,1H3. The Bertz CT molecular complexity index is 827. The van der Waals surface area contributed by atoms with E-state index in [9.17, 15) is 9.59 Å². The van der Waals surface area contributed by atoms with E-state index in [4.69, 9.17) is 4.74 Å². The van der Waals surface area contributed by atoms with Crippen LogP contribution in [-0.4, -0.2) is 33.6 Å². The fourth-order valence-electron chi connectivity index (χ4n) is 2.88. The number of rotatable bonds is 2. The molecule has 2 aromatic heterocycles. The summed E-state index contributed by atoms with van der Waals surface area (Å²) in [7, 11) is 0. The van der Waals surface area contributed by atoms with Gasteiger partial charge in [0, 0.05) is 16.4 Å². The number of esters is 1. The minimum absolute atomic E-state index is 0.0764. The molecule has 0 aliphatic carbocycles. The molecular weight excluding hydrogens is 340 g/mol. The molecule has 0 N–H and O–H groups in total. The van der Waals surface area contributed by atoms with Gasteiger partial charge in [-0.15, -0.1) is 11.3 Å². The molecule has 0 amide bonds. The van der Waals surface area contributed by atoms with Gasteiger partial charge < -0.3 is 4.74 Å². The van der Waals surface area contributed by atoms with Gasteiger partial charge in [0.15, 0.2) is 5.16 Å². The highest BCUT2D eigenvalue weighted by Crippen LogP contribution is 2.38. The van der Waals surface area contributed by atoms with Gasteiger partial charge in [-0.2, -0.15) is 11.8 Å². The smallest absolute Gasteiger partial charge is 0.330 e. The van der Waals surface area contributed by atoms with E-state index >= 15 is 0 Å². The molecule has 0 aromatic carbocycles. The number of nitrogens with zero attached hydrogens (tertiary/aromatic N) is 2. The van der Waals surface area contributed by atoms with Crippen molar-refractivity contribution < 1.29 is 9.53 Å². The molecule has 0 radical (unpaired) electrons. The number of carbonyl (C=O) groups excluding carboxylic acids is 1. The van der Waals surface area contributed by atoms with E-state index < -0.39 is 6.04 Å². The first kappa shape index (κ1) is 14.6. The molecule has 0 bridgehead atoms. The van der Waals surface area contributed by atoms with Crippen LogP contribution in [0.5, 0.6) is 0 Å². The van der Waals surface area contributed by atoms with Crippen LogP contribution in [0.4, 0.5) is 0 Å². The molecule has 0 spiro atoms. The summed E-state index contributed by atoms with van der Waals surface area (Å²) in [5, 5.41) is 1.36. The summed E-state index contributed by atoms with van der Waals surface area (Å²) < 4.78 is 6.64. The SMILES string of the molecule is CCOC(=O)C1CSc2nc3sc4c(c3c(=O)n21)CCSC4. The highest BCUT2D eigenvalue weighted by molar-refractivity contribution is 7.99. The topological polar surface area (TPSA) is 61.2 Å². The third-order valence-electron chi connectivity index (χ3n) is 3.88. The number of hydrogen-bond donors (Lipinski definition) is 0. The van der Waals surface area contributed by atoms with Crippen LogP contribution in [0.2, 0.25) is 0 Å². The van der Waals surface area contributed by atoms with Crippen molar-refractivity contribution in [3.63, 3.8) is 0 Å². The first-order valence-electron chi connectivity index (χ1n) is 7.14. The van der Waals surface area contributed by atoms with Crippen LogP contribution in [0, 0.1) is 0 Å². The van der Waals surface area contributed by atoms with Gasteiger partial charge in [-0.25, -0.2) is 9.78 Å². The molecule has 8 heteroatoms. The Morgan fingerprint density at radius 1 is 1.50 bits per heavy atom. The zero-order chi connectivity index (χ0) is 15.3. The monoisotopic (exact) mass is 354 g/mol. The van der Waals surface area contributed by atoms with Gasteiger partial charge >= 0.3 is 5.97 Å². The molecule has 0 saturated carbocycles. The summed E-state index contributed by atoms with van der Waals surface area (Å²) >= 11 is 4.98. The second-order valence-corrected chi connectivity index (χ2v) is 8.31. The summed E-state index contributed by atoms with van der Waals surface area (Å²) in [6.07, 6.45) is 0.910. The van der Waals surface area contributed by atoms with Crippen molar-refractivity contribution in [2.75, 3.05) is 18.1 Å². The van der Waals surface area contributed by atoms with Gasteiger partial charge in [0.25, 0.3) is 5.56 Å². The van der Waals surface area contributed by atoms with Crippen molar-refractivity contribution in [3.05, 3.63) is 20.8 Å². The van der Waals surface area contributed by atoms with Crippen molar-refractivity contribution in [3.8, 4) is 0 Å². The number of thiophene rings is 1. The van der Waals surface area contributed by atoms with Crippen LogP contribution in [-0.2, 0) is 21.7 Å². The Kier molecular flexibility index (Phi) is 3.70. The largest absolute Gasteiger partial charge is 0.464 e. The summed E-state index contributed by atoms with van der Waals surface area (Å²) in [6, 6.07) is -0.544. The maximum Gasteiger partial charge on any atom is 0.330 e. The maximum atomic E-state index is 13.0. The van der Waals surface area contributed by atoms with Crippen molar-refractivity contribution in [1.29, 1.82) is 0 Å². The number of hydrogen-bond acceptors (Lipinski definition) is 7. The van der Waals surface area contributed by atoms with E-state index in [-0.39, 0.29) is 11.5 Å². The Morgan fingerprint density at radius 2 is 2.36 bits per heavy atom. The quantitative estimate of drug-likeness (QED) is 0.610. The predicted octanol–water partition coefficient (Wildman–Crippen LogP) is 2.46. The van der Waals surface area contributed by atoms with E-state index in [2.05, 4.69) is 4.98 Å². The number of fused-ring (bicyclic) bond motifs is 4. The maximum absolute atomic E-state index is 13.0. The van der Waals surface area contributed by atoms with Crippen LogP contribution in [0.1, 0.15) is 23.4 Å². The van der Waals surface area contributed by atoms with E-state index in [1.165, 1.54) is 16.6 Å². The molecule has 1 unspecified atom stereocenters. The molecule has 2 aromatic rings. The number of thioether (sulfide) groups is 2. The predicted molar refractivity (Wildman–Crippen MR) is 90.1 cm³/mol. The van der Waals surface area contributed by atoms with E-state index in [1.807, 2.05) is 11.8 Å². The Balaban J connectivity index is 1.91. The summed E-state index contributed by atoms with van der Waals surface area (Å²) in [4.78, 5) is 31.8. The van der Waals surface area contributed by atoms with E-state index in [0.29, 0.717) is 17.5 Å². The van der Waals surface area contributed by atoms with Crippen LogP contribution >= 0.6 is 34.9 Å². The van der Waals surface area contributed by atoms with Gasteiger partial charge in [-0.1, -0.05) is 11.8 Å². The fourth-order valence-corrected chi connectivity index (χ4v) is 6.38. The number of carbonyl (C=O) groups is 1. The van der Waals surface area contributed by atoms with Crippen LogP contribution < -0.4 is 5.56 Å². The summed E-state index contributed by atoms with van der Waals surface area (Å²) in [5.41, 5.74) is 1.07. The molecule has 116 valence electrons. The lowest BCUT2D eigenvalue weighted by Gasteiger charge is -2.13. The Morgan fingerprint density at radius 3 is 3.18 bits per heavy atom. The highest BCUT2D eigenvalue weighted by atomic mass is 32.2. The Hall–Kier alpha value is -0.990. The van der Waals surface area contributed by atoms with Gasteiger partial charge in [0.05, 0.1) is 12.0 Å². The first-order valence-corrected chi connectivity index (χ1v) is 10.1. The summed E-state index contributed by atoms with van der Waals surface area (Å²) in [5.74, 6) is 2.18. The lowest BCUT2D eigenvalue weighted by molar-refractivity contribution is -0.146. The van der Waals surface area contributed by atoms with E-state index in [0.717, 1.165) is 33.7 Å². The molecule has 0 saturated heterocycles. The van der Waals surface area contributed by atoms with Crippen molar-refractivity contribution in [2.45, 2.75) is 30.3 Å². The molecular formula is C14H14N2O3S3. The van der Waals surface area contributed by atoms with Crippen molar-refractivity contribution in [1.82, 2.24) is 9.55 Å². The van der Waals surface area contributed by atoms with Gasteiger partial charge in [0.1, 0.15) is 10.9 Å². The molecule has 22 heavy (non-hydrogen) atoms. The van der Waals surface area contributed by atoms with E-state index in [1.54, 1.807) is 22.8 Å². The van der Waals surface area contributed by atoms with Crippen LogP contribution in [0.15, 0.2) is 9.95 Å². The highest BCUT2D eigenvalue weighted by Gasteiger charge is 2.34. The molecule has 4 heterocycles. The third kappa shape index (κ3) is 2.11. The minimum Gasteiger partial charge on any atom is -0.464 e. The van der Waals surface area contributed by atoms with Gasteiger partial charge in [-0.3, -0.25) is 9.36 Å². The molecule has 4 rings (SSSR count). The zero-order valence-electron chi connectivity index (χ0n) is 12.0. The Labute approximate surface area is 139 Å². The van der Waals surface area contributed by atoms with Gasteiger partial charge in [0.2, 0.25) is 0 Å². The lowest BCUT2D eigenvalue weighted by Crippen LogP contribution is -2.30. The van der Waals surface area contributed by atoms with Crippen LogP contribution in [0.3, 0.4) is 0 Å². The summed E-state index contributed by atoms with van der Waals surface area (Å²) in [6.45, 7) is 2.10. The van der Waals surface area contributed by atoms with Crippen molar-refractivity contribution in [2.24, 2.45) is 0 Å². The first-order chi connectivity index (χ1) is 10.7. The number of ether oxygens (including phenoxy) is 1. The zero-order valence-corrected chi connectivity index (χ0v) is 14.4. The number of aromatic nitrogens is 2. The minimum atomic E-state index is -0.544. The third-order valence-corrected chi connectivity index (χ3v) is 7.20. The lowest BCUT2D eigenvalue weighted by atomic mass is 10.1. The van der Waals surface area contributed by atoms with Crippen LogP contribution in [0.25, 0.3) is 10.2 Å².